The molecular formula is C20H17F6N7O. The lowest BCUT2D eigenvalue weighted by molar-refractivity contribution is -0.141. The van der Waals surface area contributed by atoms with Gasteiger partial charge in [-0.25, -0.2) is 4.98 Å². The third kappa shape index (κ3) is 5.62. The molecule has 0 saturated carbocycles. The fraction of sp³-hybridized carbons (Fsp3) is 0.300. The number of aromatic nitrogens is 4. The summed E-state index contributed by atoms with van der Waals surface area (Å²) >= 11 is 0. The lowest BCUT2D eigenvalue weighted by Gasteiger charge is -2.18. The van der Waals surface area contributed by atoms with Crippen molar-refractivity contribution in [3.8, 4) is 0 Å². The molecule has 1 atom stereocenters. The van der Waals surface area contributed by atoms with Gasteiger partial charge in [0.15, 0.2) is 0 Å². The maximum atomic E-state index is 13.0. The lowest BCUT2D eigenvalue weighted by atomic mass is 10.2. The number of benzene rings is 1. The molecule has 4 rings (SSSR count). The fourth-order valence-corrected chi connectivity index (χ4v) is 3.22. The molecule has 3 heterocycles. The maximum Gasteiger partial charge on any atom is 0.433 e. The third-order valence-corrected chi connectivity index (χ3v) is 4.80. The van der Waals surface area contributed by atoms with Crippen LogP contribution in [0.25, 0.3) is 0 Å². The molecule has 3 aromatic rings. The molecule has 14 heteroatoms. The molecule has 2 aromatic heterocycles. The molecule has 0 unspecified atom stereocenters. The number of pyridine rings is 1. The number of halogens is 6. The van der Waals surface area contributed by atoms with Crippen molar-refractivity contribution >= 4 is 29.4 Å². The zero-order valence-electron chi connectivity index (χ0n) is 17.2. The van der Waals surface area contributed by atoms with Crippen LogP contribution in [0.4, 0.5) is 55.7 Å². The summed E-state index contributed by atoms with van der Waals surface area (Å²) < 4.78 is 78.1. The van der Waals surface area contributed by atoms with E-state index in [1.165, 1.54) is 18.2 Å². The monoisotopic (exact) mass is 485 g/mol. The Morgan fingerprint density at radius 3 is 2.21 bits per heavy atom. The van der Waals surface area contributed by atoms with Gasteiger partial charge in [0.2, 0.25) is 17.8 Å². The maximum absolute atomic E-state index is 13.0. The van der Waals surface area contributed by atoms with Gasteiger partial charge in [-0.05, 0) is 36.8 Å². The predicted molar refractivity (Wildman–Crippen MR) is 110 cm³/mol. The van der Waals surface area contributed by atoms with E-state index >= 15 is 0 Å². The highest BCUT2D eigenvalue weighted by Gasteiger charge is 2.33. The second kappa shape index (κ2) is 8.93. The van der Waals surface area contributed by atoms with Crippen molar-refractivity contribution in [1.29, 1.82) is 0 Å². The molecule has 0 aliphatic carbocycles. The van der Waals surface area contributed by atoms with Gasteiger partial charge in [0.1, 0.15) is 11.5 Å². The van der Waals surface area contributed by atoms with E-state index in [0.29, 0.717) is 13.0 Å². The first-order valence-electron chi connectivity index (χ1n) is 9.92. The zero-order chi connectivity index (χ0) is 24.5. The molecule has 1 saturated heterocycles. The Kier molecular flexibility index (Phi) is 6.17. The minimum absolute atomic E-state index is 0.0385. The van der Waals surface area contributed by atoms with Crippen LogP contribution < -0.4 is 15.5 Å². The summed E-state index contributed by atoms with van der Waals surface area (Å²) in [6, 6.07) is 7.58. The Balaban J connectivity index is 1.66. The Hall–Kier alpha value is -3.68. The molecule has 3 N–H and O–H groups in total. The normalized spacial score (nSPS) is 16.6. The standard InChI is InChI=1S/C20H17F6N7O/c21-19(22,23)11-3-1-4-12(9-11)27-16-30-17(32-18(31-16)33-8-7-13(34)10-33)29-15-6-2-5-14(28-15)20(24,25)26/h1-6,9,13,34H,7-8,10H2,(H2,27,28,29,30,31,32)/t13-/m1/s1. The van der Waals surface area contributed by atoms with Crippen molar-refractivity contribution in [2.45, 2.75) is 24.9 Å². The van der Waals surface area contributed by atoms with Gasteiger partial charge in [0.05, 0.1) is 11.7 Å². The van der Waals surface area contributed by atoms with Gasteiger partial charge >= 0.3 is 12.4 Å². The highest BCUT2D eigenvalue weighted by atomic mass is 19.4. The van der Waals surface area contributed by atoms with Crippen molar-refractivity contribution in [2.75, 3.05) is 28.6 Å². The minimum Gasteiger partial charge on any atom is -0.391 e. The molecule has 8 nitrogen and oxygen atoms in total. The van der Waals surface area contributed by atoms with E-state index in [0.717, 1.165) is 24.3 Å². The Bertz CT molecular complexity index is 1090. The SMILES string of the molecule is O[C@@H]1CCN(c2nc(Nc3cccc(C(F)(F)F)c3)nc(Nc3cccc(C(F)(F)F)n3)n2)C1. The molecule has 0 spiro atoms. The van der Waals surface area contributed by atoms with Crippen LogP contribution in [-0.2, 0) is 12.4 Å². The van der Waals surface area contributed by atoms with Crippen molar-refractivity contribution in [3.05, 3.63) is 53.7 Å². The van der Waals surface area contributed by atoms with Crippen molar-refractivity contribution in [2.24, 2.45) is 0 Å². The summed E-state index contributed by atoms with van der Waals surface area (Å²) in [7, 11) is 0. The predicted octanol–water partition coefficient (Wildman–Crippen LogP) is 4.36. The first-order chi connectivity index (χ1) is 16.0. The van der Waals surface area contributed by atoms with Crippen molar-refractivity contribution < 1.29 is 31.4 Å². The molecule has 34 heavy (non-hydrogen) atoms. The summed E-state index contributed by atoms with van der Waals surface area (Å²) in [6.07, 6.45) is -9.41. The topological polar surface area (TPSA) is 99.1 Å². The van der Waals surface area contributed by atoms with E-state index in [4.69, 9.17) is 0 Å². The molecule has 0 radical (unpaired) electrons. The number of aliphatic hydroxyl groups is 1. The molecule has 1 aromatic carbocycles. The average molecular weight is 485 g/mol. The summed E-state index contributed by atoms with van der Waals surface area (Å²) in [4.78, 5) is 17.5. The Morgan fingerprint density at radius 1 is 0.853 bits per heavy atom. The highest BCUT2D eigenvalue weighted by molar-refractivity contribution is 5.59. The van der Waals surface area contributed by atoms with Crippen LogP contribution in [0.1, 0.15) is 17.7 Å². The average Bonchev–Trinajstić information content (AvgIpc) is 3.19. The number of aliphatic hydroxyl groups excluding tert-OH is 1. The number of anilines is 5. The first kappa shape index (κ1) is 23.5. The molecule has 0 amide bonds. The van der Waals surface area contributed by atoms with Gasteiger partial charge in [-0.15, -0.1) is 0 Å². The smallest absolute Gasteiger partial charge is 0.391 e. The van der Waals surface area contributed by atoms with Crippen LogP contribution in [0, 0.1) is 0 Å². The molecule has 1 aliphatic rings. The quantitative estimate of drug-likeness (QED) is 0.459. The second-order valence-electron chi connectivity index (χ2n) is 7.41. The van der Waals surface area contributed by atoms with E-state index in [-0.39, 0.29) is 35.9 Å². The van der Waals surface area contributed by atoms with Crippen LogP contribution >= 0.6 is 0 Å². The number of alkyl halides is 6. The summed E-state index contributed by atoms with van der Waals surface area (Å²) in [6.45, 7) is 0.601. The third-order valence-electron chi connectivity index (χ3n) is 4.80. The van der Waals surface area contributed by atoms with Crippen LogP contribution in [0.15, 0.2) is 42.5 Å². The lowest BCUT2D eigenvalue weighted by Crippen LogP contribution is -2.24. The van der Waals surface area contributed by atoms with Crippen LogP contribution in [0.2, 0.25) is 0 Å². The van der Waals surface area contributed by atoms with Crippen LogP contribution in [-0.4, -0.2) is 44.2 Å². The number of nitrogens with zero attached hydrogens (tertiary/aromatic N) is 5. The highest BCUT2D eigenvalue weighted by Crippen LogP contribution is 2.32. The van der Waals surface area contributed by atoms with Gasteiger partial charge in [-0.2, -0.15) is 41.3 Å². The van der Waals surface area contributed by atoms with Gasteiger partial charge in [-0.3, -0.25) is 0 Å². The molecular weight excluding hydrogens is 468 g/mol. The van der Waals surface area contributed by atoms with Gasteiger partial charge < -0.3 is 20.6 Å². The van der Waals surface area contributed by atoms with E-state index in [1.807, 2.05) is 0 Å². The fourth-order valence-electron chi connectivity index (χ4n) is 3.22. The summed E-state index contributed by atoms with van der Waals surface area (Å²) in [5, 5.41) is 15.0. The second-order valence-corrected chi connectivity index (χ2v) is 7.41. The first-order valence-corrected chi connectivity index (χ1v) is 9.92. The number of nitrogens with one attached hydrogen (secondary N) is 2. The molecule has 1 fully saturated rings. The zero-order valence-corrected chi connectivity index (χ0v) is 17.2. The van der Waals surface area contributed by atoms with Gasteiger partial charge in [0, 0.05) is 18.8 Å². The van der Waals surface area contributed by atoms with Gasteiger partial charge in [-0.1, -0.05) is 12.1 Å². The number of rotatable bonds is 5. The van der Waals surface area contributed by atoms with Crippen molar-refractivity contribution in [1.82, 2.24) is 19.9 Å². The molecule has 180 valence electrons. The van der Waals surface area contributed by atoms with E-state index < -0.39 is 29.7 Å². The summed E-state index contributed by atoms with van der Waals surface area (Å²) in [5.41, 5.74) is -1.98. The Morgan fingerprint density at radius 2 is 1.56 bits per heavy atom. The Labute approximate surface area is 188 Å². The van der Waals surface area contributed by atoms with Crippen molar-refractivity contribution in [3.63, 3.8) is 0 Å². The molecule has 0 bridgehead atoms. The van der Waals surface area contributed by atoms with E-state index in [2.05, 4.69) is 30.6 Å². The van der Waals surface area contributed by atoms with Gasteiger partial charge in [0.25, 0.3) is 0 Å². The number of hydrogen-bond acceptors (Lipinski definition) is 8. The van der Waals surface area contributed by atoms with Crippen LogP contribution in [0.3, 0.4) is 0 Å². The minimum atomic E-state index is -4.66. The number of β-amino-alcohol motifs (C(OH)–C–C–N with tert-alkyl or cyclic N) is 1. The van der Waals surface area contributed by atoms with E-state index in [1.54, 1.807) is 4.90 Å². The van der Waals surface area contributed by atoms with Crippen LogP contribution in [0.5, 0.6) is 0 Å². The van der Waals surface area contributed by atoms with E-state index in [9.17, 15) is 31.4 Å². The largest absolute Gasteiger partial charge is 0.433 e. The molecule has 1 aliphatic heterocycles. The summed E-state index contributed by atoms with van der Waals surface area (Å²) in [5.74, 6) is -0.457. The number of hydrogen-bond donors (Lipinski definition) is 3.